The van der Waals surface area contributed by atoms with Crippen LogP contribution in [0.1, 0.15) is 17.4 Å². The molecule has 6 heteroatoms. The Kier molecular flexibility index (Phi) is 3.75. The average molecular weight is 208 g/mol. The fraction of sp³-hybridized carbons (Fsp3) is 0.222. The van der Waals surface area contributed by atoms with Gasteiger partial charge < -0.3 is 5.73 Å². The Morgan fingerprint density at radius 3 is 2.67 bits per heavy atom. The first kappa shape index (κ1) is 11.1. The van der Waals surface area contributed by atoms with Crippen LogP contribution in [-0.4, -0.2) is 22.8 Å². The van der Waals surface area contributed by atoms with Gasteiger partial charge in [-0.05, 0) is 19.1 Å². The molecule has 0 aliphatic carbocycles. The normalized spacial score (nSPS) is 11.6. The predicted molar refractivity (Wildman–Crippen MR) is 53.5 cm³/mol. The zero-order chi connectivity index (χ0) is 11.3. The van der Waals surface area contributed by atoms with Crippen molar-refractivity contribution in [3.8, 4) is 0 Å². The molecule has 1 aromatic rings. The molecule has 0 saturated carbocycles. The van der Waals surface area contributed by atoms with E-state index in [1.807, 2.05) is 0 Å². The zero-order valence-corrected chi connectivity index (χ0v) is 8.23. The molecule has 1 rings (SSSR count). The summed E-state index contributed by atoms with van der Waals surface area (Å²) in [6.45, 7) is 1.52. The third-order valence-corrected chi connectivity index (χ3v) is 1.61. The lowest BCUT2D eigenvalue weighted by molar-refractivity contribution is -0.122. The quantitative estimate of drug-likeness (QED) is 0.554. The number of hydrogen-bond acceptors (Lipinski definition) is 4. The predicted octanol–water partition coefficient (Wildman–Crippen LogP) is -0.810. The van der Waals surface area contributed by atoms with Gasteiger partial charge in [-0.2, -0.15) is 0 Å². The Labute approximate surface area is 86.8 Å². The number of nitrogens with one attached hydrogen (secondary N) is 2. The van der Waals surface area contributed by atoms with Crippen molar-refractivity contribution in [2.24, 2.45) is 5.73 Å². The molecule has 6 nitrogen and oxygen atoms in total. The summed E-state index contributed by atoms with van der Waals surface area (Å²) >= 11 is 0. The molecule has 1 heterocycles. The monoisotopic (exact) mass is 208 g/mol. The number of rotatable bonds is 2. The molecule has 15 heavy (non-hydrogen) atoms. The van der Waals surface area contributed by atoms with E-state index in [0.717, 1.165) is 0 Å². The number of amides is 2. The van der Waals surface area contributed by atoms with Crippen LogP contribution < -0.4 is 16.6 Å². The number of nitrogens with two attached hydrogens (primary N) is 1. The molecule has 4 N–H and O–H groups in total. The molecule has 1 atom stereocenters. The van der Waals surface area contributed by atoms with E-state index in [1.54, 1.807) is 12.1 Å². The molecule has 0 spiro atoms. The average Bonchev–Trinajstić information content (AvgIpc) is 2.26. The third kappa shape index (κ3) is 3.35. The molecular formula is C9H12N4O2. The van der Waals surface area contributed by atoms with E-state index in [1.165, 1.54) is 19.2 Å². The Morgan fingerprint density at radius 1 is 1.40 bits per heavy atom. The minimum Gasteiger partial charge on any atom is -0.320 e. The van der Waals surface area contributed by atoms with Crippen LogP contribution in [0, 0.1) is 0 Å². The molecule has 0 radical (unpaired) electrons. The van der Waals surface area contributed by atoms with Crippen LogP contribution in [0.25, 0.3) is 0 Å². The zero-order valence-electron chi connectivity index (χ0n) is 8.23. The number of hydrazine groups is 1. The van der Waals surface area contributed by atoms with Gasteiger partial charge in [-0.25, -0.2) is 0 Å². The van der Waals surface area contributed by atoms with Crippen LogP contribution in [0.4, 0.5) is 0 Å². The van der Waals surface area contributed by atoms with Crippen molar-refractivity contribution in [2.45, 2.75) is 13.0 Å². The minimum atomic E-state index is -0.672. The molecule has 0 fully saturated rings. The topological polar surface area (TPSA) is 97.1 Å². The summed E-state index contributed by atoms with van der Waals surface area (Å²) in [5.74, 6) is -0.941. The second kappa shape index (κ2) is 5.06. The van der Waals surface area contributed by atoms with Crippen molar-refractivity contribution in [1.82, 2.24) is 15.8 Å². The summed E-state index contributed by atoms with van der Waals surface area (Å²) in [4.78, 5) is 26.2. The van der Waals surface area contributed by atoms with Gasteiger partial charge in [-0.3, -0.25) is 25.4 Å². The first-order valence-corrected chi connectivity index (χ1v) is 4.38. The smallest absolute Gasteiger partial charge is 0.288 e. The molecule has 2 amide bonds. The van der Waals surface area contributed by atoms with Crippen LogP contribution in [0.3, 0.4) is 0 Å². The van der Waals surface area contributed by atoms with Gasteiger partial charge in [-0.15, -0.1) is 0 Å². The standard InChI is InChI=1S/C9H12N4O2/c1-6(10)8(14)12-13-9(15)7-4-2-3-5-11-7/h2-6H,10H2,1H3,(H,12,14)(H,13,15). The van der Waals surface area contributed by atoms with E-state index < -0.39 is 17.9 Å². The van der Waals surface area contributed by atoms with Gasteiger partial charge in [0, 0.05) is 6.20 Å². The summed E-state index contributed by atoms with van der Waals surface area (Å²) in [6.07, 6.45) is 1.49. The highest BCUT2D eigenvalue weighted by atomic mass is 16.2. The fourth-order valence-corrected chi connectivity index (χ4v) is 0.793. The lowest BCUT2D eigenvalue weighted by Gasteiger charge is -2.08. The van der Waals surface area contributed by atoms with E-state index >= 15 is 0 Å². The summed E-state index contributed by atoms with van der Waals surface area (Å²) < 4.78 is 0. The lowest BCUT2D eigenvalue weighted by atomic mass is 10.3. The fourth-order valence-electron chi connectivity index (χ4n) is 0.793. The van der Waals surface area contributed by atoms with Crippen molar-refractivity contribution >= 4 is 11.8 Å². The van der Waals surface area contributed by atoms with Crippen LogP contribution >= 0.6 is 0 Å². The molecule has 0 aliphatic heterocycles. The number of pyridine rings is 1. The molecule has 0 saturated heterocycles. The van der Waals surface area contributed by atoms with E-state index in [4.69, 9.17) is 5.73 Å². The van der Waals surface area contributed by atoms with E-state index in [0.29, 0.717) is 0 Å². The Morgan fingerprint density at radius 2 is 2.13 bits per heavy atom. The Balaban J connectivity index is 2.48. The number of carbonyl (C=O) groups excluding carboxylic acids is 2. The van der Waals surface area contributed by atoms with Gasteiger partial charge in [0.15, 0.2) is 0 Å². The van der Waals surface area contributed by atoms with Crippen LogP contribution in [-0.2, 0) is 4.79 Å². The Bertz CT molecular complexity index is 350. The maximum atomic E-state index is 11.3. The third-order valence-electron chi connectivity index (χ3n) is 1.61. The highest BCUT2D eigenvalue weighted by Gasteiger charge is 2.10. The molecular weight excluding hydrogens is 196 g/mol. The van der Waals surface area contributed by atoms with Gasteiger partial charge in [0.1, 0.15) is 5.69 Å². The highest BCUT2D eigenvalue weighted by Crippen LogP contribution is 1.91. The maximum absolute atomic E-state index is 11.3. The van der Waals surface area contributed by atoms with Crippen molar-refractivity contribution in [2.75, 3.05) is 0 Å². The van der Waals surface area contributed by atoms with E-state index in [9.17, 15) is 9.59 Å². The van der Waals surface area contributed by atoms with E-state index in [2.05, 4.69) is 15.8 Å². The van der Waals surface area contributed by atoms with Gasteiger partial charge in [0.05, 0.1) is 6.04 Å². The molecule has 0 aliphatic rings. The minimum absolute atomic E-state index is 0.225. The second-order valence-electron chi connectivity index (χ2n) is 2.95. The first-order chi connectivity index (χ1) is 7.11. The molecule has 1 unspecified atom stereocenters. The van der Waals surface area contributed by atoms with E-state index in [-0.39, 0.29) is 5.69 Å². The van der Waals surface area contributed by atoms with Crippen LogP contribution in [0.2, 0.25) is 0 Å². The first-order valence-electron chi connectivity index (χ1n) is 4.38. The van der Waals surface area contributed by atoms with Crippen molar-refractivity contribution in [3.05, 3.63) is 30.1 Å². The summed E-state index contributed by atoms with van der Waals surface area (Å²) in [7, 11) is 0. The highest BCUT2D eigenvalue weighted by molar-refractivity contribution is 5.94. The van der Waals surface area contributed by atoms with Crippen LogP contribution in [0.5, 0.6) is 0 Å². The SMILES string of the molecule is CC(N)C(=O)NNC(=O)c1ccccn1. The van der Waals surface area contributed by atoms with Gasteiger partial charge in [0.2, 0.25) is 0 Å². The molecule has 80 valence electrons. The van der Waals surface area contributed by atoms with Crippen molar-refractivity contribution in [3.63, 3.8) is 0 Å². The second-order valence-corrected chi connectivity index (χ2v) is 2.95. The molecule has 0 aromatic carbocycles. The van der Waals surface area contributed by atoms with Crippen molar-refractivity contribution < 1.29 is 9.59 Å². The Hall–Kier alpha value is -1.95. The van der Waals surface area contributed by atoms with Crippen LogP contribution in [0.15, 0.2) is 24.4 Å². The van der Waals surface area contributed by atoms with Gasteiger partial charge in [0.25, 0.3) is 11.8 Å². The summed E-state index contributed by atoms with van der Waals surface area (Å²) in [5.41, 5.74) is 9.88. The van der Waals surface area contributed by atoms with Gasteiger partial charge >= 0.3 is 0 Å². The number of carbonyl (C=O) groups is 2. The van der Waals surface area contributed by atoms with Crippen molar-refractivity contribution in [1.29, 1.82) is 0 Å². The number of nitrogens with zero attached hydrogens (tertiary/aromatic N) is 1. The summed E-state index contributed by atoms with van der Waals surface area (Å²) in [6, 6.07) is 4.23. The lowest BCUT2D eigenvalue weighted by Crippen LogP contribution is -2.48. The molecule has 0 bridgehead atoms. The number of aromatic nitrogens is 1. The summed E-state index contributed by atoms with van der Waals surface area (Å²) in [5, 5.41) is 0. The van der Waals surface area contributed by atoms with Gasteiger partial charge in [-0.1, -0.05) is 6.07 Å². The molecule has 1 aromatic heterocycles. The maximum Gasteiger partial charge on any atom is 0.288 e. The largest absolute Gasteiger partial charge is 0.320 e. The number of hydrogen-bond donors (Lipinski definition) is 3.